The number of methoxy groups -OCH3 is 1. The minimum Gasteiger partial charge on any atom is -0.496 e. The smallest absolute Gasteiger partial charge is 0.267 e. The van der Waals surface area contributed by atoms with E-state index in [1.807, 2.05) is 44.2 Å². The maximum Gasteiger partial charge on any atom is 0.267 e. The molecular weight excluding hydrogens is 410 g/mol. The van der Waals surface area contributed by atoms with Gasteiger partial charge < -0.3 is 9.47 Å². The first kappa shape index (κ1) is 20.7. The molecule has 0 aliphatic carbocycles. The number of carbonyl (C=O) groups excluding carboxylic acids is 1. The van der Waals surface area contributed by atoms with E-state index >= 15 is 0 Å². The molecule has 0 radical (unpaired) electrons. The van der Waals surface area contributed by atoms with E-state index in [0.29, 0.717) is 29.2 Å². The van der Waals surface area contributed by atoms with Crippen LogP contribution in [0.25, 0.3) is 6.08 Å². The molecule has 0 bridgehead atoms. The van der Waals surface area contributed by atoms with Crippen molar-refractivity contribution in [1.82, 2.24) is 5.48 Å². The number of allylic oxidation sites excluding steroid dienone is 2. The van der Waals surface area contributed by atoms with Gasteiger partial charge in [-0.2, -0.15) is 0 Å². The van der Waals surface area contributed by atoms with Gasteiger partial charge in [-0.1, -0.05) is 27.6 Å². The highest BCUT2D eigenvalue weighted by molar-refractivity contribution is 9.10. The molecule has 0 spiro atoms. The van der Waals surface area contributed by atoms with Crippen molar-refractivity contribution < 1.29 is 19.5 Å². The van der Waals surface area contributed by atoms with E-state index in [1.54, 1.807) is 24.7 Å². The Balaban J connectivity index is 2.56. The summed E-state index contributed by atoms with van der Waals surface area (Å²) in [4.78, 5) is 11.4. The van der Waals surface area contributed by atoms with Gasteiger partial charge >= 0.3 is 0 Å². The van der Waals surface area contributed by atoms with Crippen molar-refractivity contribution in [2.24, 2.45) is 0 Å². The first-order valence-electron chi connectivity index (χ1n) is 8.33. The molecule has 2 aromatic rings. The van der Waals surface area contributed by atoms with Crippen molar-refractivity contribution in [3.8, 4) is 17.2 Å². The van der Waals surface area contributed by atoms with Gasteiger partial charge in [-0.15, -0.1) is 0 Å². The van der Waals surface area contributed by atoms with Crippen molar-refractivity contribution in [3.63, 3.8) is 0 Å². The summed E-state index contributed by atoms with van der Waals surface area (Å²) in [5.41, 5.74) is 4.32. The highest BCUT2D eigenvalue weighted by Gasteiger charge is 2.15. The zero-order chi connectivity index (χ0) is 19.8. The summed E-state index contributed by atoms with van der Waals surface area (Å²) in [5.74, 6) is 1.33. The largest absolute Gasteiger partial charge is 0.496 e. The lowest BCUT2D eigenvalue weighted by molar-refractivity contribution is -0.124. The van der Waals surface area contributed by atoms with Crippen LogP contribution in [0.3, 0.4) is 0 Å². The van der Waals surface area contributed by atoms with Gasteiger partial charge in [0.15, 0.2) is 0 Å². The third kappa shape index (κ3) is 5.98. The van der Waals surface area contributed by atoms with E-state index in [1.165, 1.54) is 11.6 Å². The number of amides is 1. The zero-order valence-electron chi connectivity index (χ0n) is 15.5. The third-order valence-corrected chi connectivity index (χ3v) is 4.27. The molecule has 0 aromatic heterocycles. The van der Waals surface area contributed by atoms with Crippen LogP contribution in [-0.2, 0) is 11.2 Å². The Morgan fingerprint density at radius 2 is 1.89 bits per heavy atom. The average Bonchev–Trinajstić information content (AvgIpc) is 2.66. The first-order valence-corrected chi connectivity index (χ1v) is 9.12. The molecule has 2 rings (SSSR count). The van der Waals surface area contributed by atoms with Crippen LogP contribution < -0.4 is 15.0 Å². The van der Waals surface area contributed by atoms with Gasteiger partial charge in [-0.05, 0) is 62.7 Å². The number of nitrogens with one attached hydrogen (secondary N) is 1. The minimum absolute atomic E-state index is 0.594. The van der Waals surface area contributed by atoms with Crippen LogP contribution in [0.2, 0.25) is 0 Å². The predicted octanol–water partition coefficient (Wildman–Crippen LogP) is 5.28. The number of halogens is 1. The number of carbonyl (C=O) groups is 1. The van der Waals surface area contributed by atoms with E-state index < -0.39 is 5.91 Å². The molecule has 142 valence electrons. The highest BCUT2D eigenvalue weighted by atomic mass is 79.9. The van der Waals surface area contributed by atoms with Gasteiger partial charge in [0.1, 0.15) is 17.2 Å². The molecule has 0 saturated carbocycles. The van der Waals surface area contributed by atoms with E-state index in [0.717, 1.165) is 10.0 Å². The number of ether oxygens (including phenoxy) is 2. The fourth-order valence-corrected chi connectivity index (χ4v) is 2.66. The van der Waals surface area contributed by atoms with Crippen LogP contribution in [0.15, 0.2) is 58.6 Å². The fraction of sp³-hybridized carbons (Fsp3) is 0.190. The normalized spacial score (nSPS) is 10.6. The van der Waals surface area contributed by atoms with Gasteiger partial charge in [-0.3, -0.25) is 10.0 Å². The van der Waals surface area contributed by atoms with Crippen molar-refractivity contribution in [1.29, 1.82) is 0 Å². The van der Waals surface area contributed by atoms with Crippen molar-refractivity contribution in [2.45, 2.75) is 20.3 Å². The number of hydrogen-bond acceptors (Lipinski definition) is 4. The van der Waals surface area contributed by atoms with Gasteiger partial charge in [-0.25, -0.2) is 5.48 Å². The van der Waals surface area contributed by atoms with Crippen LogP contribution in [0.5, 0.6) is 17.2 Å². The maximum atomic E-state index is 11.4. The summed E-state index contributed by atoms with van der Waals surface area (Å²) in [5, 5.41) is 8.71. The lowest BCUT2D eigenvalue weighted by Gasteiger charge is -2.17. The maximum absolute atomic E-state index is 11.4. The van der Waals surface area contributed by atoms with Crippen LogP contribution in [-0.4, -0.2) is 18.2 Å². The molecule has 1 amide bonds. The molecule has 0 atom stereocenters. The molecule has 6 heteroatoms. The Bertz CT molecular complexity index is 853. The van der Waals surface area contributed by atoms with E-state index in [4.69, 9.17) is 14.7 Å². The SMILES string of the molecule is COc1ccc(/C=C/C(=O)NO)c(Oc2ccc(Br)cc2)c1CC=C(C)C. The lowest BCUT2D eigenvalue weighted by atomic mass is 10.0. The summed E-state index contributed by atoms with van der Waals surface area (Å²) in [7, 11) is 1.61. The van der Waals surface area contributed by atoms with E-state index in [2.05, 4.69) is 22.0 Å². The molecule has 0 unspecified atom stereocenters. The summed E-state index contributed by atoms with van der Waals surface area (Å²) in [6.07, 6.45) is 5.53. The fourth-order valence-electron chi connectivity index (χ4n) is 2.39. The molecule has 0 aliphatic rings. The summed E-state index contributed by atoms with van der Waals surface area (Å²) < 4.78 is 12.6. The Morgan fingerprint density at radius 3 is 2.48 bits per heavy atom. The Morgan fingerprint density at radius 1 is 1.19 bits per heavy atom. The van der Waals surface area contributed by atoms with Crippen LogP contribution >= 0.6 is 15.9 Å². The molecule has 0 heterocycles. The Hall–Kier alpha value is -2.57. The van der Waals surface area contributed by atoms with E-state index in [9.17, 15) is 4.79 Å². The average molecular weight is 432 g/mol. The summed E-state index contributed by atoms with van der Waals surface area (Å²) in [6, 6.07) is 11.1. The summed E-state index contributed by atoms with van der Waals surface area (Å²) in [6.45, 7) is 4.05. The standard InChI is InChI=1S/C21H22BrNO4/c1-14(2)4-11-18-19(26-3)12-5-15(6-13-20(24)23-25)21(18)27-17-9-7-16(22)8-10-17/h4-10,12-13,25H,11H2,1-3H3,(H,23,24)/b13-6+. The first-order chi connectivity index (χ1) is 12.9. The molecule has 2 aromatic carbocycles. The van der Waals surface area contributed by atoms with Gasteiger partial charge in [0.2, 0.25) is 0 Å². The van der Waals surface area contributed by atoms with Crippen molar-refractivity contribution in [2.75, 3.05) is 7.11 Å². The van der Waals surface area contributed by atoms with Crippen molar-refractivity contribution in [3.05, 3.63) is 69.7 Å². The minimum atomic E-state index is -0.619. The Kier molecular flexibility index (Phi) is 7.64. The van der Waals surface area contributed by atoms with Gasteiger partial charge in [0.25, 0.3) is 5.91 Å². The molecule has 5 nitrogen and oxygen atoms in total. The van der Waals surface area contributed by atoms with Gasteiger partial charge in [0, 0.05) is 21.7 Å². The van der Waals surface area contributed by atoms with Crippen LogP contribution in [0.1, 0.15) is 25.0 Å². The number of hydrogen-bond donors (Lipinski definition) is 2. The lowest BCUT2D eigenvalue weighted by Crippen LogP contribution is -2.14. The second-order valence-corrected chi connectivity index (χ2v) is 6.93. The molecule has 27 heavy (non-hydrogen) atoms. The van der Waals surface area contributed by atoms with Crippen LogP contribution in [0.4, 0.5) is 0 Å². The predicted molar refractivity (Wildman–Crippen MR) is 109 cm³/mol. The summed E-state index contributed by atoms with van der Waals surface area (Å²) >= 11 is 3.41. The zero-order valence-corrected chi connectivity index (χ0v) is 17.0. The van der Waals surface area contributed by atoms with Crippen molar-refractivity contribution >= 4 is 27.9 Å². The molecule has 0 fully saturated rings. The van der Waals surface area contributed by atoms with E-state index in [-0.39, 0.29) is 0 Å². The molecule has 2 N–H and O–H groups in total. The van der Waals surface area contributed by atoms with Gasteiger partial charge in [0.05, 0.1) is 7.11 Å². The quantitative estimate of drug-likeness (QED) is 0.271. The molecule has 0 saturated heterocycles. The number of benzene rings is 2. The molecule has 0 aliphatic heterocycles. The number of hydroxylamine groups is 1. The number of rotatable bonds is 7. The molecular formula is C21H22BrNO4. The van der Waals surface area contributed by atoms with Crippen LogP contribution in [0, 0.1) is 0 Å². The Labute approximate surface area is 167 Å². The highest BCUT2D eigenvalue weighted by Crippen LogP contribution is 2.37. The third-order valence-electron chi connectivity index (χ3n) is 3.74. The second kappa shape index (κ2) is 9.94. The second-order valence-electron chi connectivity index (χ2n) is 6.02. The monoisotopic (exact) mass is 431 g/mol. The topological polar surface area (TPSA) is 67.8 Å².